The number of ether oxygens (including phenoxy) is 3. The third kappa shape index (κ3) is 3.73. The third-order valence-corrected chi connectivity index (χ3v) is 4.98. The number of hydrogen-bond donors (Lipinski definition) is 0. The summed E-state index contributed by atoms with van der Waals surface area (Å²) in [5.74, 6) is 1.52. The largest absolute Gasteiger partial charge is 0.493 e. The lowest BCUT2D eigenvalue weighted by molar-refractivity contribution is 0.0993. The lowest BCUT2D eigenvalue weighted by Gasteiger charge is -2.14. The van der Waals surface area contributed by atoms with E-state index in [0.717, 1.165) is 11.3 Å². The van der Waals surface area contributed by atoms with Crippen molar-refractivity contribution in [1.82, 2.24) is 4.98 Å². The molecule has 0 saturated heterocycles. The van der Waals surface area contributed by atoms with Crippen LogP contribution in [0.5, 0.6) is 17.2 Å². The second kappa shape index (κ2) is 8.09. The zero-order chi connectivity index (χ0) is 19.4. The molecule has 0 fully saturated rings. The first kappa shape index (κ1) is 18.7. The Labute approximate surface area is 161 Å². The van der Waals surface area contributed by atoms with Gasteiger partial charge in [-0.15, -0.1) is 11.3 Å². The molecule has 0 bridgehead atoms. The van der Waals surface area contributed by atoms with E-state index in [2.05, 4.69) is 4.98 Å². The first-order chi connectivity index (χ1) is 13.1. The third-order valence-electron chi connectivity index (χ3n) is 4.06. The molecule has 2 aromatic carbocycles. The maximum absolute atomic E-state index is 12.6. The normalized spacial score (nSPS) is 10.4. The number of carbonyl (C=O) groups is 1. The van der Waals surface area contributed by atoms with Gasteiger partial charge in [0.2, 0.25) is 5.75 Å². The van der Waals surface area contributed by atoms with E-state index in [1.807, 2.05) is 35.7 Å². The van der Waals surface area contributed by atoms with Crippen molar-refractivity contribution in [3.05, 3.63) is 53.4 Å². The SMILES string of the molecule is COc1cc(-c2csc(N(C)C(=O)c3ccccc3)n2)cc(OC)c1OC. The molecule has 0 aliphatic heterocycles. The molecule has 3 aromatic rings. The number of thiazole rings is 1. The van der Waals surface area contributed by atoms with Crippen LogP contribution in [0.4, 0.5) is 5.13 Å². The summed E-state index contributed by atoms with van der Waals surface area (Å²) in [7, 11) is 6.41. The molecule has 140 valence electrons. The molecule has 0 atom stereocenters. The van der Waals surface area contributed by atoms with Gasteiger partial charge in [-0.1, -0.05) is 18.2 Å². The highest BCUT2D eigenvalue weighted by Crippen LogP contribution is 2.41. The van der Waals surface area contributed by atoms with Gasteiger partial charge in [0.05, 0.1) is 27.0 Å². The Morgan fingerprint density at radius 2 is 1.63 bits per heavy atom. The standard InChI is InChI=1S/C20H20N2O4S/c1-22(19(23)13-8-6-5-7-9-13)20-21-15(12-27-20)14-10-16(24-2)18(26-4)17(11-14)25-3/h5-12H,1-4H3. The number of rotatable bonds is 6. The predicted octanol–water partition coefficient (Wildman–Crippen LogP) is 4.11. The number of anilines is 1. The lowest BCUT2D eigenvalue weighted by atomic mass is 10.1. The summed E-state index contributed by atoms with van der Waals surface area (Å²) < 4.78 is 16.1. The molecule has 0 spiro atoms. The van der Waals surface area contributed by atoms with Gasteiger partial charge in [0.25, 0.3) is 5.91 Å². The number of aromatic nitrogens is 1. The van der Waals surface area contributed by atoms with Gasteiger partial charge < -0.3 is 14.2 Å². The van der Waals surface area contributed by atoms with Gasteiger partial charge in [-0.3, -0.25) is 9.69 Å². The van der Waals surface area contributed by atoms with Crippen LogP contribution < -0.4 is 19.1 Å². The Kier molecular flexibility index (Phi) is 5.61. The number of methoxy groups -OCH3 is 3. The van der Waals surface area contributed by atoms with Gasteiger partial charge in [0.1, 0.15) is 0 Å². The van der Waals surface area contributed by atoms with Crippen molar-refractivity contribution in [1.29, 1.82) is 0 Å². The smallest absolute Gasteiger partial charge is 0.259 e. The lowest BCUT2D eigenvalue weighted by Crippen LogP contribution is -2.25. The second-order valence-electron chi connectivity index (χ2n) is 5.66. The number of amides is 1. The second-order valence-corrected chi connectivity index (χ2v) is 6.50. The predicted molar refractivity (Wildman–Crippen MR) is 106 cm³/mol. The molecule has 0 unspecified atom stereocenters. The fourth-order valence-electron chi connectivity index (χ4n) is 2.64. The van der Waals surface area contributed by atoms with Crippen molar-refractivity contribution >= 4 is 22.4 Å². The van der Waals surface area contributed by atoms with Crippen molar-refractivity contribution in [3.63, 3.8) is 0 Å². The van der Waals surface area contributed by atoms with Crippen LogP contribution in [-0.2, 0) is 0 Å². The molecule has 0 aliphatic carbocycles. The van der Waals surface area contributed by atoms with Crippen molar-refractivity contribution in [2.75, 3.05) is 33.3 Å². The van der Waals surface area contributed by atoms with Crippen molar-refractivity contribution < 1.29 is 19.0 Å². The van der Waals surface area contributed by atoms with Crippen LogP contribution in [0.15, 0.2) is 47.8 Å². The van der Waals surface area contributed by atoms with Crippen LogP contribution in [0.25, 0.3) is 11.3 Å². The average molecular weight is 384 g/mol. The highest BCUT2D eigenvalue weighted by atomic mass is 32.1. The molecule has 27 heavy (non-hydrogen) atoms. The van der Waals surface area contributed by atoms with Crippen molar-refractivity contribution in [2.24, 2.45) is 0 Å². The zero-order valence-electron chi connectivity index (χ0n) is 15.6. The summed E-state index contributed by atoms with van der Waals surface area (Å²) in [4.78, 5) is 18.8. The fourth-order valence-corrected chi connectivity index (χ4v) is 3.44. The molecule has 7 heteroatoms. The molecular weight excluding hydrogens is 364 g/mol. The number of benzene rings is 2. The monoisotopic (exact) mass is 384 g/mol. The van der Waals surface area contributed by atoms with Crippen molar-refractivity contribution in [2.45, 2.75) is 0 Å². The van der Waals surface area contributed by atoms with E-state index >= 15 is 0 Å². The molecule has 0 radical (unpaired) electrons. The minimum absolute atomic E-state index is 0.110. The first-order valence-corrected chi connectivity index (χ1v) is 9.06. The summed E-state index contributed by atoms with van der Waals surface area (Å²) in [5, 5.41) is 2.50. The van der Waals surface area contributed by atoms with Crippen LogP contribution in [0.1, 0.15) is 10.4 Å². The molecule has 1 aromatic heterocycles. The van der Waals surface area contributed by atoms with Crippen LogP contribution in [0.2, 0.25) is 0 Å². The molecule has 6 nitrogen and oxygen atoms in total. The van der Waals surface area contributed by atoms with E-state index in [9.17, 15) is 4.79 Å². The van der Waals surface area contributed by atoms with E-state index in [1.165, 1.54) is 11.3 Å². The van der Waals surface area contributed by atoms with Crippen LogP contribution in [-0.4, -0.2) is 39.3 Å². The number of hydrogen-bond acceptors (Lipinski definition) is 6. The Balaban J connectivity index is 1.93. The molecule has 1 amide bonds. The van der Waals surface area contributed by atoms with Crippen LogP contribution in [0, 0.1) is 0 Å². The van der Waals surface area contributed by atoms with Gasteiger partial charge >= 0.3 is 0 Å². The van der Waals surface area contributed by atoms with Gasteiger partial charge in [-0.2, -0.15) is 0 Å². The summed E-state index contributed by atoms with van der Waals surface area (Å²) >= 11 is 1.39. The Morgan fingerprint density at radius 3 is 2.19 bits per heavy atom. The molecule has 0 aliphatic rings. The van der Waals surface area contributed by atoms with E-state index in [-0.39, 0.29) is 5.91 Å². The summed E-state index contributed by atoms with van der Waals surface area (Å²) in [5.41, 5.74) is 2.15. The fraction of sp³-hybridized carbons (Fsp3) is 0.200. The minimum atomic E-state index is -0.110. The first-order valence-electron chi connectivity index (χ1n) is 8.18. The Bertz CT molecular complexity index is 915. The van der Waals surface area contributed by atoms with Crippen LogP contribution in [0.3, 0.4) is 0 Å². The molecular formula is C20H20N2O4S. The van der Waals surface area contributed by atoms with Gasteiger partial charge in [-0.05, 0) is 24.3 Å². The molecule has 3 rings (SSSR count). The molecule has 0 saturated carbocycles. The van der Waals surface area contributed by atoms with E-state index in [4.69, 9.17) is 14.2 Å². The quantitative estimate of drug-likeness (QED) is 0.640. The summed E-state index contributed by atoms with van der Waals surface area (Å²) in [6.45, 7) is 0. The highest BCUT2D eigenvalue weighted by molar-refractivity contribution is 7.14. The summed E-state index contributed by atoms with van der Waals surface area (Å²) in [6, 6.07) is 12.8. The Hall–Kier alpha value is -3.06. The highest BCUT2D eigenvalue weighted by Gasteiger charge is 2.19. The molecule has 1 heterocycles. The van der Waals surface area contributed by atoms with Crippen molar-refractivity contribution in [3.8, 4) is 28.5 Å². The maximum atomic E-state index is 12.6. The average Bonchev–Trinajstić information content (AvgIpc) is 3.22. The number of nitrogens with zero attached hydrogens (tertiary/aromatic N) is 2. The van der Waals surface area contributed by atoms with E-state index in [1.54, 1.807) is 45.4 Å². The number of carbonyl (C=O) groups excluding carboxylic acids is 1. The maximum Gasteiger partial charge on any atom is 0.259 e. The van der Waals surface area contributed by atoms with Gasteiger partial charge in [0.15, 0.2) is 16.6 Å². The Morgan fingerprint density at radius 1 is 1.00 bits per heavy atom. The summed E-state index contributed by atoms with van der Waals surface area (Å²) in [6.07, 6.45) is 0. The molecule has 0 N–H and O–H groups in total. The zero-order valence-corrected chi connectivity index (χ0v) is 16.4. The minimum Gasteiger partial charge on any atom is -0.493 e. The van der Waals surface area contributed by atoms with Crippen LogP contribution >= 0.6 is 11.3 Å². The topological polar surface area (TPSA) is 60.9 Å². The van der Waals surface area contributed by atoms with Gasteiger partial charge in [0, 0.05) is 23.6 Å². The van der Waals surface area contributed by atoms with Gasteiger partial charge in [-0.25, -0.2) is 4.98 Å². The van der Waals surface area contributed by atoms with E-state index in [0.29, 0.717) is 27.9 Å². The van der Waals surface area contributed by atoms with E-state index < -0.39 is 0 Å².